The molecule has 1 aromatic rings. The van der Waals surface area contributed by atoms with E-state index in [9.17, 15) is 14.4 Å². The summed E-state index contributed by atoms with van der Waals surface area (Å²) in [6.07, 6.45) is 2.19. The van der Waals surface area contributed by atoms with Crippen LogP contribution in [0.5, 0.6) is 0 Å². The average molecular weight is 305 g/mol. The van der Waals surface area contributed by atoms with Crippen molar-refractivity contribution in [2.75, 3.05) is 23.3 Å². The Balaban J connectivity index is 1.83. The van der Waals surface area contributed by atoms with Gasteiger partial charge in [-0.05, 0) is 25.0 Å². The highest BCUT2D eigenvalue weighted by Crippen LogP contribution is 2.28. The van der Waals surface area contributed by atoms with Crippen molar-refractivity contribution in [2.45, 2.75) is 25.7 Å². The maximum absolute atomic E-state index is 12.2. The molecule has 0 atom stereocenters. The zero-order valence-corrected chi connectivity index (χ0v) is 12.2. The second-order valence-electron chi connectivity index (χ2n) is 5.09. The van der Waals surface area contributed by atoms with Crippen LogP contribution in [0.1, 0.15) is 25.7 Å². The molecule has 22 heavy (non-hydrogen) atoms. The van der Waals surface area contributed by atoms with Gasteiger partial charge in [-0.15, -0.1) is 0 Å². The van der Waals surface area contributed by atoms with Crippen molar-refractivity contribution in [3.8, 4) is 0 Å². The molecule has 118 valence electrons. The van der Waals surface area contributed by atoms with Crippen LogP contribution < -0.4 is 15.5 Å². The van der Waals surface area contributed by atoms with Gasteiger partial charge >= 0.3 is 12.0 Å². The Morgan fingerprint density at radius 1 is 1.23 bits per heavy atom. The second-order valence-corrected chi connectivity index (χ2v) is 5.09. The van der Waals surface area contributed by atoms with E-state index >= 15 is 0 Å². The van der Waals surface area contributed by atoms with Gasteiger partial charge in [0.2, 0.25) is 5.91 Å². The van der Waals surface area contributed by atoms with Gasteiger partial charge in [-0.3, -0.25) is 14.5 Å². The van der Waals surface area contributed by atoms with Gasteiger partial charge in [0.25, 0.3) is 0 Å². The van der Waals surface area contributed by atoms with Gasteiger partial charge in [0.05, 0.1) is 11.4 Å². The van der Waals surface area contributed by atoms with Crippen LogP contribution >= 0.6 is 0 Å². The summed E-state index contributed by atoms with van der Waals surface area (Å²) in [5.74, 6) is -1.03. The average Bonchev–Trinajstić information content (AvgIpc) is 2.49. The minimum atomic E-state index is -0.806. The topological polar surface area (TPSA) is 98.7 Å². The van der Waals surface area contributed by atoms with Crippen molar-refractivity contribution < 1.29 is 19.5 Å². The van der Waals surface area contributed by atoms with Crippen LogP contribution in [-0.2, 0) is 9.59 Å². The number of hydrogen-bond acceptors (Lipinski definition) is 3. The number of nitrogens with zero attached hydrogens (tertiary/aromatic N) is 1. The summed E-state index contributed by atoms with van der Waals surface area (Å²) in [6.45, 7) is 0.445. The third kappa shape index (κ3) is 4.21. The third-order valence-electron chi connectivity index (χ3n) is 3.36. The number of carboxylic acid groups (broad SMARTS) is 1. The van der Waals surface area contributed by atoms with Crippen LogP contribution in [0.3, 0.4) is 0 Å². The second kappa shape index (κ2) is 7.44. The number of carbonyl (C=O) groups is 3. The fourth-order valence-electron chi connectivity index (χ4n) is 2.28. The molecule has 1 heterocycles. The number of hydrogen-bond donors (Lipinski definition) is 3. The number of unbranched alkanes of at least 4 members (excludes halogenated alkanes) is 2. The first-order valence-corrected chi connectivity index (χ1v) is 7.24. The molecule has 0 aromatic heterocycles. The van der Waals surface area contributed by atoms with Gasteiger partial charge in [0, 0.05) is 13.0 Å². The Kier molecular flexibility index (Phi) is 5.35. The Morgan fingerprint density at radius 3 is 2.77 bits per heavy atom. The van der Waals surface area contributed by atoms with Crippen LogP contribution in [-0.4, -0.2) is 36.1 Å². The molecule has 0 saturated heterocycles. The number of fused-ring (bicyclic) bond motifs is 1. The molecule has 7 heteroatoms. The first-order chi connectivity index (χ1) is 10.6. The molecule has 3 N–H and O–H groups in total. The largest absolute Gasteiger partial charge is 0.481 e. The standard InChI is InChI=1S/C15H19N3O4/c19-13-10-18(12-7-4-3-6-11(12)17-13)15(22)16-9-5-1-2-8-14(20)21/h3-4,6-7H,1-2,5,8-10H2,(H,16,22)(H,17,19)(H,20,21). The Morgan fingerprint density at radius 2 is 2.00 bits per heavy atom. The Labute approximate surface area is 128 Å². The molecule has 7 nitrogen and oxygen atoms in total. The first-order valence-electron chi connectivity index (χ1n) is 7.24. The SMILES string of the molecule is O=C(O)CCCCCNC(=O)N1CC(=O)Nc2ccccc21. The third-order valence-corrected chi connectivity index (χ3v) is 3.36. The number of rotatable bonds is 6. The number of para-hydroxylation sites is 2. The van der Waals surface area contributed by atoms with Gasteiger partial charge in [0.15, 0.2) is 0 Å². The number of carbonyl (C=O) groups excluding carboxylic acids is 2. The van der Waals surface area contributed by atoms with Crippen molar-refractivity contribution in [1.29, 1.82) is 0 Å². The van der Waals surface area contributed by atoms with E-state index in [0.29, 0.717) is 30.8 Å². The molecule has 1 aliphatic rings. The fraction of sp³-hybridized carbons (Fsp3) is 0.400. The van der Waals surface area contributed by atoms with Crippen LogP contribution in [0.4, 0.5) is 16.2 Å². The minimum Gasteiger partial charge on any atom is -0.481 e. The first kappa shape index (κ1) is 15.8. The summed E-state index contributed by atoms with van der Waals surface area (Å²) in [5.41, 5.74) is 1.29. The maximum Gasteiger partial charge on any atom is 0.322 e. The molecule has 0 bridgehead atoms. The number of aliphatic carboxylic acids is 1. The summed E-state index contributed by atoms with van der Waals surface area (Å²) in [7, 11) is 0. The molecule has 0 aliphatic carbocycles. The van der Waals surface area contributed by atoms with Gasteiger partial charge in [-0.2, -0.15) is 0 Å². The highest BCUT2D eigenvalue weighted by Gasteiger charge is 2.26. The van der Waals surface area contributed by atoms with Crippen molar-refractivity contribution in [1.82, 2.24) is 5.32 Å². The van der Waals surface area contributed by atoms with E-state index < -0.39 is 5.97 Å². The molecule has 2 rings (SSSR count). The zero-order chi connectivity index (χ0) is 15.9. The van der Waals surface area contributed by atoms with E-state index in [0.717, 1.165) is 6.42 Å². The number of urea groups is 1. The van der Waals surface area contributed by atoms with E-state index in [1.54, 1.807) is 18.2 Å². The highest BCUT2D eigenvalue weighted by molar-refractivity contribution is 6.09. The van der Waals surface area contributed by atoms with Crippen molar-refractivity contribution in [3.05, 3.63) is 24.3 Å². The fourth-order valence-corrected chi connectivity index (χ4v) is 2.28. The van der Waals surface area contributed by atoms with Gasteiger partial charge in [0.1, 0.15) is 6.54 Å². The monoisotopic (exact) mass is 305 g/mol. The quantitative estimate of drug-likeness (QED) is 0.698. The molecule has 0 saturated carbocycles. The lowest BCUT2D eigenvalue weighted by Gasteiger charge is -2.29. The lowest BCUT2D eigenvalue weighted by atomic mass is 10.2. The molecule has 1 aliphatic heterocycles. The van der Waals surface area contributed by atoms with Gasteiger partial charge < -0.3 is 15.7 Å². The lowest BCUT2D eigenvalue weighted by Crippen LogP contribution is -2.47. The summed E-state index contributed by atoms with van der Waals surface area (Å²) < 4.78 is 0. The maximum atomic E-state index is 12.2. The predicted molar refractivity (Wildman–Crippen MR) is 81.9 cm³/mol. The van der Waals surface area contributed by atoms with E-state index in [2.05, 4.69) is 10.6 Å². The number of anilines is 2. The lowest BCUT2D eigenvalue weighted by molar-refractivity contribution is -0.137. The molecule has 3 amide bonds. The summed E-state index contributed by atoms with van der Waals surface area (Å²) >= 11 is 0. The molecule has 0 spiro atoms. The molecular formula is C15H19N3O4. The molecule has 0 fully saturated rings. The van der Waals surface area contributed by atoms with Crippen LogP contribution in [0.25, 0.3) is 0 Å². The van der Waals surface area contributed by atoms with Crippen molar-refractivity contribution in [2.24, 2.45) is 0 Å². The van der Waals surface area contributed by atoms with E-state index in [1.807, 2.05) is 6.07 Å². The number of amides is 3. The molecular weight excluding hydrogens is 286 g/mol. The number of carboxylic acids is 1. The predicted octanol–water partition coefficient (Wildman–Crippen LogP) is 1.80. The van der Waals surface area contributed by atoms with Crippen molar-refractivity contribution in [3.63, 3.8) is 0 Å². The number of nitrogens with one attached hydrogen (secondary N) is 2. The zero-order valence-electron chi connectivity index (χ0n) is 12.2. The minimum absolute atomic E-state index is 0.0120. The van der Waals surface area contributed by atoms with Crippen molar-refractivity contribution >= 4 is 29.3 Å². The van der Waals surface area contributed by atoms with E-state index in [1.165, 1.54) is 4.90 Å². The van der Waals surface area contributed by atoms with Crippen LogP contribution in [0.2, 0.25) is 0 Å². The van der Waals surface area contributed by atoms with Gasteiger partial charge in [-0.1, -0.05) is 18.6 Å². The molecule has 0 radical (unpaired) electrons. The summed E-state index contributed by atoms with van der Waals surface area (Å²) in [5, 5.41) is 14.0. The highest BCUT2D eigenvalue weighted by atomic mass is 16.4. The summed E-state index contributed by atoms with van der Waals surface area (Å²) in [4.78, 5) is 35.6. The van der Waals surface area contributed by atoms with Crippen LogP contribution in [0.15, 0.2) is 24.3 Å². The van der Waals surface area contributed by atoms with Gasteiger partial charge in [-0.25, -0.2) is 4.79 Å². The van der Waals surface area contributed by atoms with E-state index in [4.69, 9.17) is 5.11 Å². The molecule has 0 unspecified atom stereocenters. The Hall–Kier alpha value is -2.57. The number of benzene rings is 1. The van der Waals surface area contributed by atoms with E-state index in [-0.39, 0.29) is 24.9 Å². The normalized spacial score (nSPS) is 13.3. The van der Waals surface area contributed by atoms with Crippen LogP contribution in [0, 0.1) is 0 Å². The smallest absolute Gasteiger partial charge is 0.322 e. The Bertz CT molecular complexity index is 574. The molecule has 1 aromatic carbocycles. The summed E-state index contributed by atoms with van der Waals surface area (Å²) in [6, 6.07) is 6.81.